The number of aromatic nitrogens is 1. The maximum atomic E-state index is 13.5. The van der Waals surface area contributed by atoms with E-state index < -0.39 is 18.2 Å². The van der Waals surface area contributed by atoms with Gasteiger partial charge in [0, 0.05) is 30.4 Å². The predicted molar refractivity (Wildman–Crippen MR) is 133 cm³/mol. The van der Waals surface area contributed by atoms with E-state index in [1.54, 1.807) is 35.5 Å². The van der Waals surface area contributed by atoms with Gasteiger partial charge in [-0.1, -0.05) is 37.6 Å². The molecule has 3 atom stereocenters. The molecule has 2 saturated heterocycles. The Hall–Kier alpha value is -4.21. The number of hydrogen-bond donors (Lipinski definition) is 1. The molecular weight excluding hydrogens is 476 g/mol. The van der Waals surface area contributed by atoms with Crippen molar-refractivity contribution < 1.29 is 28.3 Å². The van der Waals surface area contributed by atoms with E-state index in [2.05, 4.69) is 10.3 Å². The Morgan fingerprint density at radius 2 is 2.03 bits per heavy atom. The maximum absolute atomic E-state index is 13.5. The number of pyridine rings is 1. The van der Waals surface area contributed by atoms with Crippen molar-refractivity contribution in [2.24, 2.45) is 0 Å². The molecule has 3 unspecified atom stereocenters. The molecule has 2 aromatic heterocycles. The van der Waals surface area contributed by atoms with Crippen LogP contribution >= 0.6 is 0 Å². The zero-order valence-electron chi connectivity index (χ0n) is 20.5. The number of likely N-dealkylation sites (tertiary alicyclic amines) is 2. The van der Waals surface area contributed by atoms with Crippen molar-refractivity contribution in [3.63, 3.8) is 0 Å². The summed E-state index contributed by atoms with van der Waals surface area (Å²) in [6, 6.07) is 10.5. The van der Waals surface area contributed by atoms with E-state index in [0.29, 0.717) is 31.4 Å². The summed E-state index contributed by atoms with van der Waals surface area (Å²) in [5, 5.41) is 3.43. The van der Waals surface area contributed by atoms with Crippen LogP contribution in [0, 0.1) is 0 Å². The minimum atomic E-state index is -0.867. The molecule has 0 saturated carbocycles. The fraction of sp³-hybridized carbons (Fsp3) is 0.370. The highest BCUT2D eigenvalue weighted by atomic mass is 16.6. The number of para-hydroxylation sites is 1. The van der Waals surface area contributed by atoms with Crippen LogP contribution in [0.4, 0.5) is 4.79 Å². The molecule has 37 heavy (non-hydrogen) atoms. The van der Waals surface area contributed by atoms with Gasteiger partial charge >= 0.3 is 6.09 Å². The average molecular weight is 505 g/mol. The second-order valence-corrected chi connectivity index (χ2v) is 9.34. The molecule has 192 valence electrons. The van der Waals surface area contributed by atoms with Crippen LogP contribution in [-0.4, -0.2) is 69.7 Å². The molecule has 0 bridgehead atoms. The zero-order valence-corrected chi connectivity index (χ0v) is 20.5. The number of carbonyl (C=O) groups is 4. The fourth-order valence-electron chi connectivity index (χ4n) is 5.19. The first-order valence-corrected chi connectivity index (χ1v) is 12.4. The number of hydrogen-bond acceptors (Lipinski definition) is 7. The van der Waals surface area contributed by atoms with Crippen molar-refractivity contribution in [1.82, 2.24) is 20.1 Å². The highest BCUT2D eigenvalue weighted by molar-refractivity contribution is 5.99. The van der Waals surface area contributed by atoms with Crippen LogP contribution in [0.2, 0.25) is 0 Å². The number of fused-ring (bicyclic) bond motifs is 2. The van der Waals surface area contributed by atoms with Crippen LogP contribution in [0.15, 0.2) is 59.3 Å². The third kappa shape index (κ3) is 5.04. The number of furan rings is 1. The van der Waals surface area contributed by atoms with Gasteiger partial charge in [-0.25, -0.2) is 4.79 Å². The largest absolute Gasteiger partial charge is 0.425 e. The molecule has 2 aliphatic rings. The molecule has 3 aromatic rings. The number of nitrogens with zero attached hydrogens (tertiary/aromatic N) is 3. The van der Waals surface area contributed by atoms with Gasteiger partial charge in [-0.2, -0.15) is 0 Å². The van der Waals surface area contributed by atoms with Crippen LogP contribution in [0.3, 0.4) is 0 Å². The van der Waals surface area contributed by atoms with Gasteiger partial charge < -0.3 is 24.3 Å². The Morgan fingerprint density at radius 3 is 2.78 bits per heavy atom. The van der Waals surface area contributed by atoms with Crippen molar-refractivity contribution in [3.8, 4) is 5.95 Å². The minimum Gasteiger partial charge on any atom is -0.425 e. The molecule has 3 amide bonds. The molecule has 1 aromatic carbocycles. The van der Waals surface area contributed by atoms with Crippen molar-refractivity contribution in [1.29, 1.82) is 0 Å². The summed E-state index contributed by atoms with van der Waals surface area (Å²) in [4.78, 5) is 59.1. The molecule has 0 spiro atoms. The summed E-state index contributed by atoms with van der Waals surface area (Å²) in [5.41, 5.74) is 1.35. The van der Waals surface area contributed by atoms with Crippen LogP contribution in [0.25, 0.3) is 11.0 Å². The average Bonchev–Trinajstić information content (AvgIpc) is 3.58. The number of amides is 3. The number of Topliss-reactive ketones (excluding diaryl/α,β-unsaturated/α-hetero) is 1. The standard InChI is InChI=1S/C27H28N4O6/c1-2-6-19(29-27(35)37-24-14-18-8-3-4-9-22(18)36-24)26(34)30-12-10-20-25(30)21(32)16-31(20)23(33)13-17-7-5-11-28-15-17/h3-5,7-9,11,14-15,19-20,25H,2,6,10,12-13,16H2,1H3,(H,29,35). The SMILES string of the molecule is CCCC(NC(=O)Oc1cc2ccccc2o1)C(=O)N1CCC2C1C(=O)CN2C(=O)Cc1cccnc1. The lowest BCUT2D eigenvalue weighted by molar-refractivity contribution is -0.138. The lowest BCUT2D eigenvalue weighted by Crippen LogP contribution is -2.53. The van der Waals surface area contributed by atoms with E-state index in [9.17, 15) is 19.2 Å². The number of benzene rings is 1. The molecule has 0 aliphatic carbocycles. The quantitative estimate of drug-likeness (QED) is 0.525. The van der Waals surface area contributed by atoms with Crippen molar-refractivity contribution in [2.75, 3.05) is 13.1 Å². The highest BCUT2D eigenvalue weighted by Crippen LogP contribution is 2.31. The highest BCUT2D eigenvalue weighted by Gasteiger charge is 2.52. The van der Waals surface area contributed by atoms with E-state index in [4.69, 9.17) is 9.15 Å². The summed E-state index contributed by atoms with van der Waals surface area (Å²) < 4.78 is 10.8. The third-order valence-corrected chi connectivity index (χ3v) is 6.87. The van der Waals surface area contributed by atoms with Gasteiger partial charge in [0.1, 0.15) is 17.7 Å². The van der Waals surface area contributed by atoms with E-state index in [1.165, 1.54) is 4.90 Å². The third-order valence-electron chi connectivity index (χ3n) is 6.87. The first-order chi connectivity index (χ1) is 17.9. The van der Waals surface area contributed by atoms with Gasteiger partial charge in [0.25, 0.3) is 5.95 Å². The molecular formula is C27H28N4O6. The number of ketones is 1. The summed E-state index contributed by atoms with van der Waals surface area (Å²) in [5.74, 6) is -0.668. The topological polar surface area (TPSA) is 122 Å². The Kier molecular flexibility index (Phi) is 6.89. The Bertz CT molecular complexity index is 1290. The number of carbonyl (C=O) groups excluding carboxylic acids is 4. The Balaban J connectivity index is 1.24. The van der Waals surface area contributed by atoms with E-state index in [0.717, 1.165) is 10.9 Å². The van der Waals surface area contributed by atoms with E-state index >= 15 is 0 Å². The first-order valence-electron chi connectivity index (χ1n) is 12.4. The second kappa shape index (κ2) is 10.4. The molecule has 10 nitrogen and oxygen atoms in total. The monoisotopic (exact) mass is 504 g/mol. The normalized spacial score (nSPS) is 19.6. The van der Waals surface area contributed by atoms with Gasteiger partial charge in [0.2, 0.25) is 11.8 Å². The smallest absolute Gasteiger partial charge is 0.415 e. The fourth-order valence-corrected chi connectivity index (χ4v) is 5.19. The van der Waals surface area contributed by atoms with Gasteiger partial charge in [-0.05, 0) is 30.5 Å². The summed E-state index contributed by atoms with van der Waals surface area (Å²) in [6.45, 7) is 2.20. The molecule has 0 radical (unpaired) electrons. The second-order valence-electron chi connectivity index (χ2n) is 9.34. The van der Waals surface area contributed by atoms with Gasteiger partial charge in [0.05, 0.1) is 19.0 Å². The molecule has 2 fully saturated rings. The van der Waals surface area contributed by atoms with Crippen molar-refractivity contribution in [2.45, 2.75) is 50.7 Å². The maximum Gasteiger partial charge on any atom is 0.415 e. The summed E-state index contributed by atoms with van der Waals surface area (Å²) >= 11 is 0. The van der Waals surface area contributed by atoms with Gasteiger partial charge in [0.15, 0.2) is 5.78 Å². The Labute approximate surface area is 213 Å². The van der Waals surface area contributed by atoms with Crippen LogP contribution in [-0.2, 0) is 20.8 Å². The lowest BCUT2D eigenvalue weighted by atomic mass is 10.1. The van der Waals surface area contributed by atoms with Gasteiger partial charge in [-0.15, -0.1) is 0 Å². The predicted octanol–water partition coefficient (Wildman–Crippen LogP) is 2.71. The molecule has 5 rings (SSSR count). The van der Waals surface area contributed by atoms with Gasteiger partial charge in [-0.3, -0.25) is 19.4 Å². The summed E-state index contributed by atoms with van der Waals surface area (Å²) in [7, 11) is 0. The lowest BCUT2D eigenvalue weighted by Gasteiger charge is -2.28. The van der Waals surface area contributed by atoms with E-state index in [1.807, 2.05) is 31.2 Å². The molecule has 10 heteroatoms. The van der Waals surface area contributed by atoms with Crippen LogP contribution < -0.4 is 10.1 Å². The summed E-state index contributed by atoms with van der Waals surface area (Å²) in [6.07, 6.45) is 4.11. The minimum absolute atomic E-state index is 0.0244. The number of rotatable bonds is 7. The van der Waals surface area contributed by atoms with Crippen molar-refractivity contribution >= 4 is 34.7 Å². The van der Waals surface area contributed by atoms with E-state index in [-0.39, 0.29) is 42.6 Å². The number of nitrogens with one attached hydrogen (secondary N) is 1. The number of ether oxygens (including phenoxy) is 1. The van der Waals surface area contributed by atoms with Crippen molar-refractivity contribution in [3.05, 3.63) is 60.4 Å². The zero-order chi connectivity index (χ0) is 25.9. The first kappa shape index (κ1) is 24.5. The molecule has 2 aliphatic heterocycles. The molecule has 4 heterocycles. The van der Waals surface area contributed by atoms with Crippen LogP contribution in [0.1, 0.15) is 31.7 Å². The molecule has 1 N–H and O–H groups in total. The van der Waals surface area contributed by atoms with Crippen LogP contribution in [0.5, 0.6) is 5.95 Å². The Morgan fingerprint density at radius 1 is 1.19 bits per heavy atom.